The van der Waals surface area contributed by atoms with Crippen LogP contribution in [0.2, 0.25) is 0 Å². The number of aromatic nitrogens is 2. The third-order valence-electron chi connectivity index (χ3n) is 2.41. The number of hydrogen-bond acceptors (Lipinski definition) is 4. The third kappa shape index (κ3) is 2.69. The Bertz CT molecular complexity index is 278. The molecule has 0 bridgehead atoms. The van der Waals surface area contributed by atoms with Gasteiger partial charge in [0, 0.05) is 41.5 Å². The molecule has 0 spiro atoms. The Morgan fingerprint density at radius 1 is 1.50 bits per heavy atom. The summed E-state index contributed by atoms with van der Waals surface area (Å²) in [5, 5.41) is 4.33. The fourth-order valence-electron chi connectivity index (χ4n) is 1.64. The highest BCUT2D eigenvalue weighted by atomic mass is 32.2. The van der Waals surface area contributed by atoms with Crippen LogP contribution in [0.1, 0.15) is 18.9 Å². The molecule has 3 nitrogen and oxygen atoms in total. The van der Waals surface area contributed by atoms with E-state index < -0.39 is 0 Å². The van der Waals surface area contributed by atoms with Gasteiger partial charge in [-0.25, -0.2) is 9.97 Å². The molecule has 76 valence electrons. The van der Waals surface area contributed by atoms with Gasteiger partial charge in [-0.05, 0) is 6.42 Å². The lowest BCUT2D eigenvalue weighted by Crippen LogP contribution is -2.28. The van der Waals surface area contributed by atoms with Crippen LogP contribution in [0.4, 0.5) is 0 Å². The molecule has 1 aromatic heterocycles. The molecule has 2 atom stereocenters. The first-order valence-electron chi connectivity index (χ1n) is 4.93. The number of thioether (sulfide) groups is 1. The van der Waals surface area contributed by atoms with Crippen LogP contribution in [0.3, 0.4) is 0 Å². The van der Waals surface area contributed by atoms with Crippen molar-refractivity contribution in [1.29, 1.82) is 0 Å². The summed E-state index contributed by atoms with van der Waals surface area (Å²) in [5.41, 5.74) is 1.16. The highest BCUT2D eigenvalue weighted by Crippen LogP contribution is 2.25. The van der Waals surface area contributed by atoms with Gasteiger partial charge in [0.05, 0.1) is 0 Å². The van der Waals surface area contributed by atoms with Gasteiger partial charge in [0.25, 0.3) is 0 Å². The van der Waals surface area contributed by atoms with Crippen LogP contribution in [0.25, 0.3) is 0 Å². The molecule has 0 amide bonds. The predicted octanol–water partition coefficient (Wildman–Crippen LogP) is 1.46. The largest absolute Gasteiger partial charge is 0.309 e. The molecule has 2 rings (SSSR count). The fourth-order valence-corrected chi connectivity index (χ4v) is 2.83. The van der Waals surface area contributed by atoms with Gasteiger partial charge in [0.15, 0.2) is 0 Å². The Balaban J connectivity index is 1.78. The second kappa shape index (κ2) is 4.75. The lowest BCUT2D eigenvalue weighted by molar-refractivity contribution is 0.537. The van der Waals surface area contributed by atoms with Crippen LogP contribution in [0, 0.1) is 0 Å². The molecule has 1 aliphatic rings. The fraction of sp³-hybridized carbons (Fsp3) is 0.600. The average molecular weight is 209 g/mol. The number of rotatable bonds is 3. The summed E-state index contributed by atoms with van der Waals surface area (Å²) in [7, 11) is 0. The minimum absolute atomic E-state index is 0.662. The number of nitrogens with zero attached hydrogens (tertiary/aromatic N) is 2. The monoisotopic (exact) mass is 209 g/mol. The molecule has 2 unspecified atom stereocenters. The molecular weight excluding hydrogens is 194 g/mol. The molecule has 1 aromatic rings. The maximum absolute atomic E-state index is 3.99. The molecular formula is C10H15N3S. The van der Waals surface area contributed by atoms with E-state index in [2.05, 4.69) is 22.2 Å². The van der Waals surface area contributed by atoms with Crippen LogP contribution >= 0.6 is 11.8 Å². The van der Waals surface area contributed by atoms with Gasteiger partial charge in [-0.15, -0.1) is 0 Å². The summed E-state index contributed by atoms with van der Waals surface area (Å²) >= 11 is 2.05. The van der Waals surface area contributed by atoms with Crippen molar-refractivity contribution in [1.82, 2.24) is 15.3 Å². The van der Waals surface area contributed by atoms with Crippen molar-refractivity contribution in [3.63, 3.8) is 0 Å². The molecule has 0 aromatic carbocycles. The zero-order valence-electron chi connectivity index (χ0n) is 8.31. The first-order chi connectivity index (χ1) is 6.84. The van der Waals surface area contributed by atoms with Gasteiger partial charge in [-0.2, -0.15) is 11.8 Å². The van der Waals surface area contributed by atoms with E-state index in [-0.39, 0.29) is 0 Å². The van der Waals surface area contributed by atoms with Crippen LogP contribution in [-0.2, 0) is 6.54 Å². The van der Waals surface area contributed by atoms with Crippen LogP contribution in [0.15, 0.2) is 18.7 Å². The first-order valence-corrected chi connectivity index (χ1v) is 5.98. The summed E-state index contributed by atoms with van der Waals surface area (Å²) in [6.07, 6.45) is 6.58. The normalized spacial score (nSPS) is 26.6. The van der Waals surface area contributed by atoms with Crippen molar-refractivity contribution in [3.8, 4) is 0 Å². The van der Waals surface area contributed by atoms with E-state index in [0.29, 0.717) is 6.04 Å². The van der Waals surface area contributed by atoms with Gasteiger partial charge in [-0.3, -0.25) is 0 Å². The second-order valence-electron chi connectivity index (χ2n) is 3.70. The van der Waals surface area contributed by atoms with E-state index in [9.17, 15) is 0 Å². The summed E-state index contributed by atoms with van der Waals surface area (Å²) < 4.78 is 0. The summed E-state index contributed by atoms with van der Waals surface area (Å²) in [6.45, 7) is 3.18. The van der Waals surface area contributed by atoms with Gasteiger partial charge >= 0.3 is 0 Å². The van der Waals surface area contributed by atoms with E-state index >= 15 is 0 Å². The van der Waals surface area contributed by atoms with Crippen molar-refractivity contribution in [2.75, 3.05) is 5.75 Å². The smallest absolute Gasteiger partial charge is 0.115 e. The minimum Gasteiger partial charge on any atom is -0.309 e. The summed E-state index contributed by atoms with van der Waals surface area (Å²) in [5.74, 6) is 1.23. The quantitative estimate of drug-likeness (QED) is 0.818. The molecule has 2 heterocycles. The summed E-state index contributed by atoms with van der Waals surface area (Å²) in [4.78, 5) is 7.98. The highest BCUT2D eigenvalue weighted by Gasteiger charge is 2.20. The Hall–Kier alpha value is -0.610. The Kier molecular flexibility index (Phi) is 3.37. The van der Waals surface area contributed by atoms with E-state index in [1.807, 2.05) is 24.2 Å². The van der Waals surface area contributed by atoms with Crippen molar-refractivity contribution in [2.24, 2.45) is 0 Å². The maximum Gasteiger partial charge on any atom is 0.115 e. The number of nitrogens with one attached hydrogen (secondary N) is 1. The lowest BCUT2D eigenvalue weighted by Gasteiger charge is -2.10. The van der Waals surface area contributed by atoms with E-state index in [1.165, 1.54) is 12.2 Å². The second-order valence-corrected chi connectivity index (χ2v) is 5.18. The van der Waals surface area contributed by atoms with Crippen LogP contribution in [0.5, 0.6) is 0 Å². The molecule has 14 heavy (non-hydrogen) atoms. The van der Waals surface area contributed by atoms with E-state index in [4.69, 9.17) is 0 Å². The molecule has 4 heteroatoms. The van der Waals surface area contributed by atoms with Crippen molar-refractivity contribution in [2.45, 2.75) is 31.2 Å². The van der Waals surface area contributed by atoms with E-state index in [0.717, 1.165) is 17.4 Å². The van der Waals surface area contributed by atoms with Crippen molar-refractivity contribution < 1.29 is 0 Å². The van der Waals surface area contributed by atoms with E-state index in [1.54, 1.807) is 6.33 Å². The predicted molar refractivity (Wildman–Crippen MR) is 59.2 cm³/mol. The minimum atomic E-state index is 0.662. The molecule has 1 fully saturated rings. The molecule has 0 radical (unpaired) electrons. The average Bonchev–Trinajstić information content (AvgIpc) is 2.63. The first kappa shape index (κ1) is 9.93. The standard InChI is InChI=1S/C10H15N3S/c1-8-2-10(6-14-8)13-5-9-3-11-7-12-4-9/h3-4,7-8,10,13H,2,5-6H2,1H3. The molecule has 1 N–H and O–H groups in total. The topological polar surface area (TPSA) is 37.8 Å². The van der Waals surface area contributed by atoms with Crippen molar-refractivity contribution >= 4 is 11.8 Å². The van der Waals surface area contributed by atoms with Gasteiger partial charge in [0.1, 0.15) is 6.33 Å². The van der Waals surface area contributed by atoms with Gasteiger partial charge < -0.3 is 5.32 Å². The zero-order chi connectivity index (χ0) is 9.80. The molecule has 1 saturated heterocycles. The molecule has 1 aliphatic heterocycles. The maximum atomic E-state index is 3.99. The highest BCUT2D eigenvalue weighted by molar-refractivity contribution is 8.00. The lowest BCUT2D eigenvalue weighted by atomic mass is 10.2. The molecule has 0 saturated carbocycles. The Labute approximate surface area is 88.7 Å². The summed E-state index contributed by atoms with van der Waals surface area (Å²) in [6, 6.07) is 0.662. The SMILES string of the molecule is CC1CC(NCc2cncnc2)CS1. The van der Waals surface area contributed by atoms with Crippen LogP contribution in [-0.4, -0.2) is 27.0 Å². The van der Waals surface area contributed by atoms with Gasteiger partial charge in [-0.1, -0.05) is 6.92 Å². The van der Waals surface area contributed by atoms with Crippen LogP contribution < -0.4 is 5.32 Å². The zero-order valence-corrected chi connectivity index (χ0v) is 9.13. The number of hydrogen-bond donors (Lipinski definition) is 1. The van der Waals surface area contributed by atoms with Gasteiger partial charge in [0.2, 0.25) is 0 Å². The van der Waals surface area contributed by atoms with Crippen molar-refractivity contribution in [3.05, 3.63) is 24.3 Å². The Morgan fingerprint density at radius 3 is 2.93 bits per heavy atom. The Morgan fingerprint density at radius 2 is 2.29 bits per heavy atom. The molecule has 0 aliphatic carbocycles. The third-order valence-corrected chi connectivity index (χ3v) is 3.76.